The summed E-state index contributed by atoms with van der Waals surface area (Å²) >= 11 is 6.02. The quantitative estimate of drug-likeness (QED) is 0.565. The van der Waals surface area contributed by atoms with E-state index in [0.717, 1.165) is 28.8 Å². The number of amides is 3. The number of anilines is 2. The molecule has 1 aliphatic heterocycles. The number of nitrogens with zero attached hydrogens (tertiary/aromatic N) is 1. The van der Waals surface area contributed by atoms with Crippen LogP contribution in [0.2, 0.25) is 5.02 Å². The number of carbonyl (C=O) groups is 2. The van der Waals surface area contributed by atoms with E-state index in [1.165, 1.54) is 0 Å². The van der Waals surface area contributed by atoms with Crippen molar-refractivity contribution in [3.05, 3.63) is 94.0 Å². The molecule has 1 atom stereocenters. The van der Waals surface area contributed by atoms with Gasteiger partial charge in [0.2, 0.25) is 0 Å². The van der Waals surface area contributed by atoms with Gasteiger partial charge in [-0.25, -0.2) is 4.79 Å². The summed E-state index contributed by atoms with van der Waals surface area (Å²) in [7, 11) is 0. The van der Waals surface area contributed by atoms with Gasteiger partial charge in [0.05, 0.1) is 0 Å². The highest BCUT2D eigenvalue weighted by Gasteiger charge is 2.31. The van der Waals surface area contributed by atoms with Crippen LogP contribution in [0, 0.1) is 6.92 Å². The maximum atomic E-state index is 13.1. The number of urea groups is 1. The largest absolute Gasteiger partial charge is 0.334 e. The van der Waals surface area contributed by atoms with Crippen molar-refractivity contribution in [2.24, 2.45) is 0 Å². The van der Waals surface area contributed by atoms with E-state index in [2.05, 4.69) is 17.6 Å². The third-order valence-corrected chi connectivity index (χ3v) is 5.74. The van der Waals surface area contributed by atoms with Crippen molar-refractivity contribution in [2.45, 2.75) is 32.9 Å². The smallest absolute Gasteiger partial charge is 0.319 e. The molecule has 0 saturated heterocycles. The number of benzene rings is 3. The molecule has 3 aromatic rings. The summed E-state index contributed by atoms with van der Waals surface area (Å²) in [4.78, 5) is 27.3. The molecular weight excluding hydrogens is 410 g/mol. The molecule has 5 nitrogen and oxygen atoms in total. The Balaban J connectivity index is 1.47. The summed E-state index contributed by atoms with van der Waals surface area (Å²) in [6.45, 7) is 4.31. The summed E-state index contributed by atoms with van der Waals surface area (Å²) in [5.74, 6) is -0.00821. The molecule has 0 bridgehead atoms. The monoisotopic (exact) mass is 433 g/mol. The summed E-state index contributed by atoms with van der Waals surface area (Å²) in [6, 6.07) is 20.5. The van der Waals surface area contributed by atoms with E-state index in [0.29, 0.717) is 22.8 Å². The van der Waals surface area contributed by atoms with Crippen LogP contribution in [0.5, 0.6) is 0 Å². The van der Waals surface area contributed by atoms with Gasteiger partial charge < -0.3 is 15.5 Å². The molecular formula is C25H24ClN3O2. The summed E-state index contributed by atoms with van der Waals surface area (Å²) in [5, 5.41) is 6.27. The second-order valence-corrected chi connectivity index (χ2v) is 8.26. The maximum Gasteiger partial charge on any atom is 0.319 e. The van der Waals surface area contributed by atoms with Crippen LogP contribution in [-0.2, 0) is 13.0 Å². The second-order valence-electron chi connectivity index (χ2n) is 7.82. The lowest BCUT2D eigenvalue weighted by molar-refractivity contribution is 0.0981. The fraction of sp³-hybridized carbons (Fsp3) is 0.200. The standard InChI is InChI=1S/C25H24ClN3O2/c1-16-8-11-21(26)14-22(16)28-25(31)27-15-18-9-10-20-12-17(2)29(23(20)13-18)24(30)19-6-4-3-5-7-19/h3-11,13-14,17H,12,15H2,1-2H3,(H2,27,28,31)/t17-/m0/s1. The molecule has 0 aromatic heterocycles. The lowest BCUT2D eigenvalue weighted by Gasteiger charge is -2.23. The molecule has 31 heavy (non-hydrogen) atoms. The average Bonchev–Trinajstić information content (AvgIpc) is 3.10. The zero-order chi connectivity index (χ0) is 22.0. The molecule has 158 valence electrons. The normalized spacial score (nSPS) is 14.8. The number of hydrogen-bond donors (Lipinski definition) is 2. The second kappa shape index (κ2) is 8.82. The van der Waals surface area contributed by atoms with Gasteiger partial charge in [-0.2, -0.15) is 0 Å². The molecule has 0 fully saturated rings. The van der Waals surface area contributed by atoms with E-state index >= 15 is 0 Å². The number of aryl methyl sites for hydroxylation is 1. The van der Waals surface area contributed by atoms with Crippen molar-refractivity contribution in [3.63, 3.8) is 0 Å². The van der Waals surface area contributed by atoms with E-state index in [-0.39, 0.29) is 18.0 Å². The van der Waals surface area contributed by atoms with Crippen LogP contribution < -0.4 is 15.5 Å². The van der Waals surface area contributed by atoms with E-state index < -0.39 is 0 Å². The van der Waals surface area contributed by atoms with E-state index in [4.69, 9.17) is 11.6 Å². The Bertz CT molecular complexity index is 1130. The third-order valence-electron chi connectivity index (χ3n) is 5.51. The van der Waals surface area contributed by atoms with Gasteiger partial charge in [0.15, 0.2) is 0 Å². The lowest BCUT2D eigenvalue weighted by Crippen LogP contribution is -2.35. The predicted octanol–water partition coefficient (Wildman–Crippen LogP) is 5.56. The van der Waals surface area contributed by atoms with Crippen LogP contribution in [0.1, 0.15) is 34.0 Å². The first-order chi connectivity index (χ1) is 14.9. The van der Waals surface area contributed by atoms with E-state index in [1.54, 1.807) is 12.1 Å². The van der Waals surface area contributed by atoms with Gasteiger partial charge in [-0.05, 0) is 67.3 Å². The van der Waals surface area contributed by atoms with E-state index in [9.17, 15) is 9.59 Å². The van der Waals surface area contributed by atoms with Gasteiger partial charge in [0.25, 0.3) is 5.91 Å². The Hall–Kier alpha value is -3.31. The first-order valence-electron chi connectivity index (χ1n) is 10.2. The molecule has 6 heteroatoms. The molecule has 1 aliphatic rings. The minimum Gasteiger partial charge on any atom is -0.334 e. The molecule has 0 unspecified atom stereocenters. The van der Waals surface area contributed by atoms with Crippen molar-refractivity contribution in [3.8, 4) is 0 Å². The number of halogens is 1. The molecule has 4 rings (SSSR count). The molecule has 0 aliphatic carbocycles. The summed E-state index contributed by atoms with van der Waals surface area (Å²) < 4.78 is 0. The highest BCUT2D eigenvalue weighted by atomic mass is 35.5. The van der Waals surface area contributed by atoms with Gasteiger partial charge in [0, 0.05) is 34.5 Å². The molecule has 3 amide bonds. The Kier molecular flexibility index (Phi) is 5.96. The topological polar surface area (TPSA) is 61.4 Å². The van der Waals surface area contributed by atoms with Crippen molar-refractivity contribution >= 4 is 34.9 Å². The third kappa shape index (κ3) is 4.57. The zero-order valence-corrected chi connectivity index (χ0v) is 18.2. The van der Waals surface area contributed by atoms with Gasteiger partial charge >= 0.3 is 6.03 Å². The van der Waals surface area contributed by atoms with Crippen LogP contribution in [0.25, 0.3) is 0 Å². The highest BCUT2D eigenvalue weighted by molar-refractivity contribution is 6.31. The van der Waals surface area contributed by atoms with Crippen molar-refractivity contribution < 1.29 is 9.59 Å². The van der Waals surface area contributed by atoms with Gasteiger partial charge in [-0.1, -0.05) is 48.0 Å². The summed E-state index contributed by atoms with van der Waals surface area (Å²) in [5.41, 5.74) is 5.25. The van der Waals surface area contributed by atoms with Crippen LogP contribution >= 0.6 is 11.6 Å². The zero-order valence-electron chi connectivity index (χ0n) is 17.5. The predicted molar refractivity (Wildman–Crippen MR) is 125 cm³/mol. The Morgan fingerprint density at radius 1 is 1.06 bits per heavy atom. The average molecular weight is 434 g/mol. The maximum absolute atomic E-state index is 13.1. The number of carbonyl (C=O) groups excluding carboxylic acids is 2. The van der Waals surface area contributed by atoms with Crippen molar-refractivity contribution in [1.29, 1.82) is 0 Å². The number of nitrogens with one attached hydrogen (secondary N) is 2. The minimum absolute atomic E-state index is 0.00821. The van der Waals surface area contributed by atoms with Crippen LogP contribution in [-0.4, -0.2) is 18.0 Å². The molecule has 1 heterocycles. The van der Waals surface area contributed by atoms with Crippen LogP contribution in [0.3, 0.4) is 0 Å². The number of fused-ring (bicyclic) bond motifs is 1. The molecule has 2 N–H and O–H groups in total. The SMILES string of the molecule is Cc1ccc(Cl)cc1NC(=O)NCc1ccc2c(c1)N(C(=O)c1ccccc1)[C@@H](C)C2. The fourth-order valence-electron chi connectivity index (χ4n) is 3.87. The Morgan fingerprint density at radius 3 is 2.61 bits per heavy atom. The first kappa shape index (κ1) is 20.9. The van der Waals surface area contributed by atoms with Crippen LogP contribution in [0.15, 0.2) is 66.7 Å². The minimum atomic E-state index is -0.309. The molecule has 3 aromatic carbocycles. The first-order valence-corrected chi connectivity index (χ1v) is 10.6. The number of hydrogen-bond acceptors (Lipinski definition) is 2. The van der Waals surface area contributed by atoms with Gasteiger partial charge in [-0.3, -0.25) is 4.79 Å². The molecule has 0 radical (unpaired) electrons. The highest BCUT2D eigenvalue weighted by Crippen LogP contribution is 2.34. The Labute approximate surface area is 187 Å². The number of rotatable bonds is 4. The molecule has 0 spiro atoms. The Morgan fingerprint density at radius 2 is 1.84 bits per heavy atom. The van der Waals surface area contributed by atoms with Crippen molar-refractivity contribution in [1.82, 2.24) is 5.32 Å². The fourth-order valence-corrected chi connectivity index (χ4v) is 4.04. The van der Waals surface area contributed by atoms with E-state index in [1.807, 2.05) is 66.4 Å². The van der Waals surface area contributed by atoms with Gasteiger partial charge in [-0.15, -0.1) is 0 Å². The summed E-state index contributed by atoms with van der Waals surface area (Å²) in [6.07, 6.45) is 0.816. The van der Waals surface area contributed by atoms with Gasteiger partial charge in [0.1, 0.15) is 0 Å². The lowest BCUT2D eigenvalue weighted by atomic mass is 10.1. The van der Waals surface area contributed by atoms with Crippen LogP contribution in [0.4, 0.5) is 16.2 Å². The van der Waals surface area contributed by atoms with Crippen molar-refractivity contribution in [2.75, 3.05) is 10.2 Å². The molecule has 0 saturated carbocycles.